The Kier molecular flexibility index (Phi) is 9.27. The molecule has 3 atom stereocenters. The highest BCUT2D eigenvalue weighted by Crippen LogP contribution is 2.49. The van der Waals surface area contributed by atoms with Crippen molar-refractivity contribution in [2.45, 2.75) is 52.0 Å². The van der Waals surface area contributed by atoms with Crippen LogP contribution in [-0.4, -0.2) is 61.8 Å². The average Bonchev–Trinajstić information content (AvgIpc) is 2.80. The summed E-state index contributed by atoms with van der Waals surface area (Å²) in [5.41, 5.74) is 1.28. The molecule has 182 valence electrons. The monoisotopic (exact) mass is 453 g/mol. The van der Waals surface area contributed by atoms with Crippen LogP contribution in [0.5, 0.6) is 0 Å². The third-order valence-corrected chi connectivity index (χ3v) is 7.69. The van der Waals surface area contributed by atoms with Gasteiger partial charge in [0, 0.05) is 31.6 Å². The summed E-state index contributed by atoms with van der Waals surface area (Å²) in [6.07, 6.45) is 9.62. The highest BCUT2D eigenvalue weighted by atomic mass is 16.2. The molecular weight excluding hydrogens is 410 g/mol. The van der Waals surface area contributed by atoms with Crippen molar-refractivity contribution in [2.75, 3.05) is 39.8 Å². The lowest BCUT2D eigenvalue weighted by Crippen LogP contribution is -2.51. The van der Waals surface area contributed by atoms with Gasteiger partial charge in [0.2, 0.25) is 5.91 Å². The summed E-state index contributed by atoms with van der Waals surface area (Å²) in [7, 11) is 1.80. The molecular formula is C28H43N3O2. The summed E-state index contributed by atoms with van der Waals surface area (Å²) in [5, 5.41) is 2.91. The van der Waals surface area contributed by atoms with Crippen LogP contribution < -0.4 is 5.32 Å². The van der Waals surface area contributed by atoms with E-state index in [-0.39, 0.29) is 17.4 Å². The molecule has 2 aliphatic carbocycles. The molecule has 1 aromatic rings. The first-order chi connectivity index (χ1) is 15.9. The van der Waals surface area contributed by atoms with Crippen LogP contribution in [0.15, 0.2) is 43.0 Å². The van der Waals surface area contributed by atoms with Gasteiger partial charge in [0.25, 0.3) is 0 Å². The molecule has 4 rings (SSSR count). The van der Waals surface area contributed by atoms with Gasteiger partial charge in [-0.1, -0.05) is 50.3 Å². The van der Waals surface area contributed by atoms with Crippen LogP contribution in [-0.2, 0) is 9.59 Å². The lowest BCUT2D eigenvalue weighted by molar-refractivity contribution is -0.132. The van der Waals surface area contributed by atoms with Crippen molar-refractivity contribution in [3.63, 3.8) is 0 Å². The van der Waals surface area contributed by atoms with Gasteiger partial charge in [-0.2, -0.15) is 0 Å². The number of carbonyl (C=O) groups excluding carboxylic acids is 2. The van der Waals surface area contributed by atoms with Gasteiger partial charge in [0.05, 0.1) is 12.6 Å². The van der Waals surface area contributed by atoms with E-state index in [2.05, 4.69) is 54.9 Å². The summed E-state index contributed by atoms with van der Waals surface area (Å²) in [6, 6.07) is 10.6. The molecule has 1 aliphatic heterocycles. The Morgan fingerprint density at radius 2 is 1.73 bits per heavy atom. The van der Waals surface area contributed by atoms with Crippen LogP contribution in [0.2, 0.25) is 0 Å². The Hall–Kier alpha value is -1.98. The average molecular weight is 454 g/mol. The number of likely N-dealkylation sites (N-methyl/N-ethyl adjacent to an activating group) is 1. The Morgan fingerprint density at radius 3 is 2.24 bits per heavy atom. The van der Waals surface area contributed by atoms with Gasteiger partial charge in [-0.3, -0.25) is 9.69 Å². The smallest absolute Gasteiger partial charge is 0.236 e. The molecule has 1 amide bonds. The maximum absolute atomic E-state index is 11.8. The molecule has 5 nitrogen and oxygen atoms in total. The molecule has 33 heavy (non-hydrogen) atoms. The third kappa shape index (κ3) is 7.00. The zero-order valence-corrected chi connectivity index (χ0v) is 20.8. The molecule has 2 saturated carbocycles. The van der Waals surface area contributed by atoms with Crippen LogP contribution in [0.3, 0.4) is 0 Å². The van der Waals surface area contributed by atoms with Gasteiger partial charge in [-0.25, -0.2) is 0 Å². The number of rotatable bonds is 6. The minimum Gasteiger partial charge on any atom is -0.339 e. The highest BCUT2D eigenvalue weighted by molar-refractivity contribution is 5.78. The lowest BCUT2D eigenvalue weighted by Gasteiger charge is -2.44. The number of nitrogens with one attached hydrogen (secondary N) is 1. The van der Waals surface area contributed by atoms with E-state index in [0.29, 0.717) is 6.54 Å². The molecule has 1 saturated heterocycles. The molecule has 0 radical (unpaired) electrons. The predicted molar refractivity (Wildman–Crippen MR) is 135 cm³/mol. The predicted octanol–water partition coefficient (Wildman–Crippen LogP) is 4.32. The van der Waals surface area contributed by atoms with Crippen molar-refractivity contribution in [1.29, 1.82) is 0 Å². The van der Waals surface area contributed by atoms with Crippen LogP contribution in [0.25, 0.3) is 0 Å². The maximum atomic E-state index is 11.8. The van der Waals surface area contributed by atoms with Crippen molar-refractivity contribution in [2.24, 2.45) is 23.2 Å². The Labute approximate surface area is 200 Å². The lowest BCUT2D eigenvalue weighted by atomic mass is 9.60. The van der Waals surface area contributed by atoms with Gasteiger partial charge >= 0.3 is 0 Å². The maximum Gasteiger partial charge on any atom is 0.236 e. The number of nitrogens with zero attached hydrogens (tertiary/aromatic N) is 2. The van der Waals surface area contributed by atoms with Gasteiger partial charge in [-0.05, 0) is 62.5 Å². The van der Waals surface area contributed by atoms with E-state index in [1.807, 2.05) is 17.0 Å². The summed E-state index contributed by atoms with van der Waals surface area (Å²) in [5.74, 6) is 2.78. The number of piperazine rings is 1. The number of aldehydes is 1. The fraction of sp³-hybridized carbons (Fsp3) is 0.643. The second-order valence-electron chi connectivity index (χ2n) is 10.8. The van der Waals surface area contributed by atoms with E-state index in [1.165, 1.54) is 31.1 Å². The van der Waals surface area contributed by atoms with E-state index in [1.54, 1.807) is 7.05 Å². The Bertz CT molecular complexity index is 755. The Morgan fingerprint density at radius 1 is 1.12 bits per heavy atom. The molecule has 1 heterocycles. The fourth-order valence-electron chi connectivity index (χ4n) is 6.39. The van der Waals surface area contributed by atoms with E-state index in [9.17, 15) is 9.59 Å². The topological polar surface area (TPSA) is 52.6 Å². The number of hydrogen-bond acceptors (Lipinski definition) is 4. The zero-order chi connectivity index (χ0) is 23.8. The largest absolute Gasteiger partial charge is 0.339 e. The minimum absolute atomic E-state index is 0.0216. The van der Waals surface area contributed by atoms with Crippen molar-refractivity contribution in [3.05, 3.63) is 48.6 Å². The SMILES string of the molecule is C=CC(c1ccccc1)N1CCN(C(=O)CNC)CC1.CC1CC2CC(C1)CC(C)(C=O)C2. The van der Waals surface area contributed by atoms with Gasteiger partial charge in [0.15, 0.2) is 0 Å². The molecule has 1 N–H and O–H groups in total. The first-order valence-corrected chi connectivity index (χ1v) is 12.7. The van der Waals surface area contributed by atoms with Crippen LogP contribution in [0.1, 0.15) is 57.6 Å². The molecule has 0 spiro atoms. The molecule has 5 heteroatoms. The molecule has 3 unspecified atom stereocenters. The summed E-state index contributed by atoms with van der Waals surface area (Å²) in [6.45, 7) is 12.3. The van der Waals surface area contributed by atoms with Gasteiger partial charge < -0.3 is 15.0 Å². The second kappa shape index (κ2) is 11.9. The third-order valence-electron chi connectivity index (χ3n) is 7.69. The Balaban J connectivity index is 0.000000203. The molecule has 1 aromatic carbocycles. The number of fused-ring (bicyclic) bond motifs is 2. The van der Waals surface area contributed by atoms with Crippen molar-refractivity contribution in [1.82, 2.24) is 15.1 Å². The van der Waals surface area contributed by atoms with Gasteiger partial charge in [-0.15, -0.1) is 6.58 Å². The fourth-order valence-corrected chi connectivity index (χ4v) is 6.39. The number of hydrogen-bond donors (Lipinski definition) is 1. The van der Waals surface area contributed by atoms with Crippen molar-refractivity contribution < 1.29 is 9.59 Å². The van der Waals surface area contributed by atoms with Crippen LogP contribution in [0.4, 0.5) is 0 Å². The van der Waals surface area contributed by atoms with E-state index >= 15 is 0 Å². The number of benzene rings is 1. The first kappa shape index (κ1) is 25.6. The standard InChI is InChI=1S/C16H23N3O.C12H20O/c1-3-15(14-7-5-4-6-8-14)18-9-11-19(12-10-18)16(20)13-17-2;1-9-3-10-5-11(4-9)7-12(2,6-10)8-13/h3-8,15,17H,1,9-13H2,2H3;8-11H,3-7H2,1-2H3. The van der Waals surface area contributed by atoms with Crippen molar-refractivity contribution >= 4 is 12.2 Å². The van der Waals surface area contributed by atoms with Gasteiger partial charge in [0.1, 0.15) is 6.29 Å². The quantitative estimate of drug-likeness (QED) is 0.515. The first-order valence-electron chi connectivity index (χ1n) is 12.7. The van der Waals surface area contributed by atoms with Crippen LogP contribution >= 0.6 is 0 Å². The zero-order valence-electron chi connectivity index (χ0n) is 20.8. The number of carbonyl (C=O) groups is 2. The van der Waals surface area contributed by atoms with E-state index < -0.39 is 0 Å². The summed E-state index contributed by atoms with van der Waals surface area (Å²) in [4.78, 5) is 27.1. The summed E-state index contributed by atoms with van der Waals surface area (Å²) >= 11 is 0. The second-order valence-corrected chi connectivity index (χ2v) is 10.8. The number of amides is 1. The van der Waals surface area contributed by atoms with E-state index in [0.717, 1.165) is 56.8 Å². The normalized spacial score (nSPS) is 30.5. The molecule has 3 aliphatic rings. The summed E-state index contributed by atoms with van der Waals surface area (Å²) < 4.78 is 0. The van der Waals surface area contributed by atoms with Crippen molar-refractivity contribution in [3.8, 4) is 0 Å². The molecule has 2 bridgehead atoms. The molecule has 3 fully saturated rings. The minimum atomic E-state index is 0.0216. The van der Waals surface area contributed by atoms with Crippen LogP contribution in [0, 0.1) is 23.2 Å². The molecule has 0 aromatic heterocycles. The van der Waals surface area contributed by atoms with E-state index in [4.69, 9.17) is 0 Å². The highest BCUT2D eigenvalue weighted by Gasteiger charge is 2.40.